The van der Waals surface area contributed by atoms with Crippen LogP contribution in [0.1, 0.15) is 17.0 Å². The minimum absolute atomic E-state index is 0.136. The highest BCUT2D eigenvalue weighted by molar-refractivity contribution is 9.10. The molecule has 3 heteroatoms. The molecular formula is C16H13BrO2. The SMILES string of the molecule is O=C(Cc1ccccc1Br)C1COc2ccccc21. The van der Waals surface area contributed by atoms with Gasteiger partial charge in [0.1, 0.15) is 18.1 Å². The van der Waals surface area contributed by atoms with Gasteiger partial charge in [0.15, 0.2) is 0 Å². The number of carbonyl (C=O) groups is 1. The lowest BCUT2D eigenvalue weighted by Crippen LogP contribution is -2.16. The van der Waals surface area contributed by atoms with Gasteiger partial charge >= 0.3 is 0 Å². The molecule has 0 N–H and O–H groups in total. The van der Waals surface area contributed by atoms with Crippen molar-refractivity contribution >= 4 is 21.7 Å². The van der Waals surface area contributed by atoms with Crippen LogP contribution in [-0.4, -0.2) is 12.4 Å². The maximum Gasteiger partial charge on any atom is 0.148 e. The average molecular weight is 317 g/mol. The maximum absolute atomic E-state index is 12.4. The Labute approximate surface area is 120 Å². The minimum atomic E-state index is -0.136. The highest BCUT2D eigenvalue weighted by Crippen LogP contribution is 2.34. The second-order valence-electron chi connectivity index (χ2n) is 4.64. The molecular weight excluding hydrogens is 304 g/mol. The quantitative estimate of drug-likeness (QED) is 0.862. The van der Waals surface area contributed by atoms with E-state index in [0.717, 1.165) is 21.3 Å². The van der Waals surface area contributed by atoms with Crippen LogP contribution in [0.2, 0.25) is 0 Å². The van der Waals surface area contributed by atoms with E-state index in [1.54, 1.807) is 0 Å². The lowest BCUT2D eigenvalue weighted by Gasteiger charge is -2.09. The van der Waals surface area contributed by atoms with Gasteiger partial charge < -0.3 is 4.74 Å². The summed E-state index contributed by atoms with van der Waals surface area (Å²) in [6.45, 7) is 0.461. The fourth-order valence-electron chi connectivity index (χ4n) is 2.38. The number of rotatable bonds is 3. The Morgan fingerprint density at radius 2 is 1.89 bits per heavy atom. The van der Waals surface area contributed by atoms with E-state index in [4.69, 9.17) is 4.74 Å². The molecule has 0 amide bonds. The van der Waals surface area contributed by atoms with Crippen LogP contribution >= 0.6 is 15.9 Å². The number of halogens is 1. The molecule has 3 rings (SSSR count). The van der Waals surface area contributed by atoms with Crippen LogP contribution in [0.4, 0.5) is 0 Å². The predicted octanol–water partition coefficient (Wildman–Crippen LogP) is 3.74. The van der Waals surface area contributed by atoms with Crippen LogP contribution in [0.3, 0.4) is 0 Å². The maximum atomic E-state index is 12.4. The van der Waals surface area contributed by atoms with Crippen molar-refractivity contribution in [2.75, 3.05) is 6.61 Å². The molecule has 0 radical (unpaired) electrons. The number of fused-ring (bicyclic) bond motifs is 1. The number of benzene rings is 2. The molecule has 0 bridgehead atoms. The lowest BCUT2D eigenvalue weighted by molar-refractivity contribution is -0.120. The zero-order chi connectivity index (χ0) is 13.2. The van der Waals surface area contributed by atoms with Crippen molar-refractivity contribution in [3.63, 3.8) is 0 Å². The average Bonchev–Trinajstić information content (AvgIpc) is 2.85. The van der Waals surface area contributed by atoms with Gasteiger partial charge in [-0.25, -0.2) is 0 Å². The third kappa shape index (κ3) is 2.43. The fraction of sp³-hybridized carbons (Fsp3) is 0.188. The Morgan fingerprint density at radius 3 is 2.74 bits per heavy atom. The first-order valence-corrected chi connectivity index (χ1v) is 7.03. The van der Waals surface area contributed by atoms with E-state index in [1.165, 1.54) is 0 Å². The molecule has 1 aliphatic rings. The third-order valence-electron chi connectivity index (χ3n) is 3.41. The number of ketones is 1. The van der Waals surface area contributed by atoms with E-state index >= 15 is 0 Å². The summed E-state index contributed by atoms with van der Waals surface area (Å²) in [6, 6.07) is 15.6. The summed E-state index contributed by atoms with van der Waals surface area (Å²) in [5.74, 6) is 0.910. The van der Waals surface area contributed by atoms with Crippen LogP contribution in [0, 0.1) is 0 Å². The van der Waals surface area contributed by atoms with Crippen molar-refractivity contribution < 1.29 is 9.53 Å². The molecule has 0 aromatic heterocycles. The van der Waals surface area contributed by atoms with Crippen LogP contribution in [0.15, 0.2) is 53.0 Å². The van der Waals surface area contributed by atoms with Crippen LogP contribution < -0.4 is 4.74 Å². The molecule has 0 saturated heterocycles. The number of hydrogen-bond donors (Lipinski definition) is 0. The monoisotopic (exact) mass is 316 g/mol. The molecule has 96 valence electrons. The number of carbonyl (C=O) groups excluding carboxylic acids is 1. The topological polar surface area (TPSA) is 26.3 Å². The molecule has 0 saturated carbocycles. The third-order valence-corrected chi connectivity index (χ3v) is 4.18. The Hall–Kier alpha value is -1.61. The summed E-state index contributed by atoms with van der Waals surface area (Å²) >= 11 is 3.48. The van der Waals surface area contributed by atoms with Crippen molar-refractivity contribution in [1.29, 1.82) is 0 Å². The first kappa shape index (κ1) is 12.4. The summed E-state index contributed by atoms with van der Waals surface area (Å²) in [5, 5.41) is 0. The summed E-state index contributed by atoms with van der Waals surface area (Å²) in [6.07, 6.45) is 0.434. The van der Waals surface area contributed by atoms with Gasteiger partial charge in [-0.3, -0.25) is 4.79 Å². The van der Waals surface area contributed by atoms with Gasteiger partial charge in [0.2, 0.25) is 0 Å². The van der Waals surface area contributed by atoms with Gasteiger partial charge in [-0.05, 0) is 17.7 Å². The molecule has 0 fully saturated rings. The Morgan fingerprint density at radius 1 is 1.16 bits per heavy atom. The molecule has 0 aliphatic carbocycles. The molecule has 2 aromatic rings. The molecule has 1 heterocycles. The summed E-state index contributed by atoms with van der Waals surface area (Å²) in [4.78, 5) is 12.4. The summed E-state index contributed by atoms with van der Waals surface area (Å²) in [7, 11) is 0. The van der Waals surface area contributed by atoms with Gasteiger partial charge in [-0.2, -0.15) is 0 Å². The normalized spacial score (nSPS) is 16.8. The minimum Gasteiger partial charge on any atom is -0.492 e. The molecule has 1 atom stereocenters. The Balaban J connectivity index is 1.81. The summed E-state index contributed by atoms with van der Waals surface area (Å²) < 4.78 is 6.55. The van der Waals surface area contributed by atoms with Crippen molar-refractivity contribution in [3.05, 3.63) is 64.1 Å². The molecule has 1 unspecified atom stereocenters. The first-order valence-electron chi connectivity index (χ1n) is 6.23. The highest BCUT2D eigenvalue weighted by atomic mass is 79.9. The van der Waals surface area contributed by atoms with Crippen molar-refractivity contribution in [3.8, 4) is 5.75 Å². The van der Waals surface area contributed by atoms with Crippen LogP contribution in [-0.2, 0) is 11.2 Å². The van der Waals surface area contributed by atoms with E-state index in [1.807, 2.05) is 48.5 Å². The highest BCUT2D eigenvalue weighted by Gasteiger charge is 2.29. The van der Waals surface area contributed by atoms with Gasteiger partial charge in [-0.1, -0.05) is 52.3 Å². The van der Waals surface area contributed by atoms with Gasteiger partial charge in [0, 0.05) is 16.5 Å². The van der Waals surface area contributed by atoms with E-state index in [9.17, 15) is 4.79 Å². The number of hydrogen-bond acceptors (Lipinski definition) is 2. The zero-order valence-corrected chi connectivity index (χ0v) is 11.9. The van der Waals surface area contributed by atoms with Crippen LogP contribution in [0.25, 0.3) is 0 Å². The van der Waals surface area contributed by atoms with Crippen molar-refractivity contribution in [1.82, 2.24) is 0 Å². The van der Waals surface area contributed by atoms with Crippen molar-refractivity contribution in [2.24, 2.45) is 0 Å². The van der Waals surface area contributed by atoms with Gasteiger partial charge in [0.05, 0.1) is 5.92 Å². The number of para-hydroxylation sites is 1. The predicted molar refractivity (Wildman–Crippen MR) is 77.5 cm³/mol. The van der Waals surface area contributed by atoms with Gasteiger partial charge in [0.25, 0.3) is 0 Å². The fourth-order valence-corrected chi connectivity index (χ4v) is 2.81. The molecule has 0 spiro atoms. The summed E-state index contributed by atoms with van der Waals surface area (Å²) in [5.41, 5.74) is 2.04. The molecule has 2 nitrogen and oxygen atoms in total. The number of ether oxygens (including phenoxy) is 1. The van der Waals surface area contributed by atoms with E-state index in [2.05, 4.69) is 15.9 Å². The smallest absolute Gasteiger partial charge is 0.148 e. The molecule has 19 heavy (non-hydrogen) atoms. The molecule has 2 aromatic carbocycles. The van der Waals surface area contributed by atoms with E-state index < -0.39 is 0 Å². The van der Waals surface area contributed by atoms with E-state index in [0.29, 0.717) is 13.0 Å². The van der Waals surface area contributed by atoms with E-state index in [-0.39, 0.29) is 11.7 Å². The lowest BCUT2D eigenvalue weighted by atomic mass is 9.93. The Kier molecular flexibility index (Phi) is 3.38. The standard InChI is InChI=1S/C16H13BrO2/c17-14-7-3-1-5-11(14)9-15(18)13-10-19-16-8-4-2-6-12(13)16/h1-8,13H,9-10H2. The second kappa shape index (κ2) is 5.17. The van der Waals surface area contributed by atoms with Gasteiger partial charge in [-0.15, -0.1) is 0 Å². The largest absolute Gasteiger partial charge is 0.492 e. The second-order valence-corrected chi connectivity index (χ2v) is 5.49. The number of Topliss-reactive ketones (excluding diaryl/α,β-unsaturated/α-hetero) is 1. The van der Waals surface area contributed by atoms with Crippen LogP contribution in [0.5, 0.6) is 5.75 Å². The first-order chi connectivity index (χ1) is 9.25. The van der Waals surface area contributed by atoms with Crippen molar-refractivity contribution in [2.45, 2.75) is 12.3 Å². The Bertz CT molecular complexity index is 622. The zero-order valence-electron chi connectivity index (χ0n) is 10.3. The molecule has 1 aliphatic heterocycles.